The van der Waals surface area contributed by atoms with Gasteiger partial charge in [0.2, 0.25) is 0 Å². The summed E-state index contributed by atoms with van der Waals surface area (Å²) in [6, 6.07) is 0. The molecule has 1 aliphatic heterocycles. The van der Waals surface area contributed by atoms with Gasteiger partial charge in [-0.25, -0.2) is 9.98 Å². The number of rotatable bonds is 3. The number of nitrogens with one attached hydrogen (secondary N) is 1. The molecule has 1 aromatic heterocycles. The molecule has 0 saturated carbocycles. The van der Waals surface area contributed by atoms with Gasteiger partial charge >= 0.3 is 0 Å². The Morgan fingerprint density at radius 1 is 1.45 bits per heavy atom. The van der Waals surface area contributed by atoms with Crippen molar-refractivity contribution in [1.82, 2.24) is 15.2 Å². The van der Waals surface area contributed by atoms with Crippen LogP contribution in [0, 0.1) is 19.3 Å². The summed E-state index contributed by atoms with van der Waals surface area (Å²) in [5, 5.41) is 4.54. The molecule has 0 bridgehead atoms. The second kappa shape index (κ2) is 6.12. The highest BCUT2D eigenvalue weighted by Crippen LogP contribution is 2.28. The van der Waals surface area contributed by atoms with Gasteiger partial charge in [0.25, 0.3) is 0 Å². The number of aryl methyl sites for hydroxylation is 2. The van der Waals surface area contributed by atoms with Gasteiger partial charge in [-0.05, 0) is 32.6 Å². The van der Waals surface area contributed by atoms with E-state index in [9.17, 15) is 0 Å². The van der Waals surface area contributed by atoms with Crippen molar-refractivity contribution in [3.8, 4) is 0 Å². The van der Waals surface area contributed by atoms with Crippen molar-refractivity contribution in [2.75, 3.05) is 19.6 Å². The predicted octanol–water partition coefficient (Wildman–Crippen LogP) is 2.96. The Balaban J connectivity index is 2.08. The Kier molecular flexibility index (Phi) is 4.68. The molecule has 0 spiro atoms. The van der Waals surface area contributed by atoms with Gasteiger partial charge in [-0.2, -0.15) is 0 Å². The smallest absolute Gasteiger partial charge is 0.194 e. The maximum Gasteiger partial charge on any atom is 0.194 e. The minimum absolute atomic E-state index is 0.396. The van der Waals surface area contributed by atoms with Gasteiger partial charge in [0.05, 0.1) is 17.2 Å². The fourth-order valence-corrected chi connectivity index (χ4v) is 3.45. The molecule has 2 heterocycles. The molecule has 4 nitrogen and oxygen atoms in total. The van der Waals surface area contributed by atoms with Crippen LogP contribution in [0.1, 0.15) is 42.8 Å². The molecule has 1 fully saturated rings. The van der Waals surface area contributed by atoms with Gasteiger partial charge < -0.3 is 10.2 Å². The van der Waals surface area contributed by atoms with Crippen LogP contribution < -0.4 is 5.32 Å². The lowest BCUT2D eigenvalue weighted by Gasteiger charge is -2.23. The van der Waals surface area contributed by atoms with Crippen LogP contribution in [-0.4, -0.2) is 35.5 Å². The maximum atomic E-state index is 4.81. The molecule has 1 aliphatic rings. The van der Waals surface area contributed by atoms with E-state index < -0.39 is 0 Å². The molecule has 2 rings (SSSR count). The monoisotopic (exact) mass is 294 g/mol. The first-order valence-electron chi connectivity index (χ1n) is 7.37. The number of aliphatic imine (C=N–C) groups is 1. The number of hydrogen-bond acceptors (Lipinski definition) is 3. The van der Waals surface area contributed by atoms with Crippen molar-refractivity contribution in [2.45, 2.75) is 47.6 Å². The summed E-state index contributed by atoms with van der Waals surface area (Å²) < 4.78 is 0. The van der Waals surface area contributed by atoms with E-state index in [1.807, 2.05) is 0 Å². The Morgan fingerprint density at radius 2 is 2.20 bits per heavy atom. The molecule has 0 radical (unpaired) electrons. The molecule has 0 aromatic carbocycles. The molecule has 0 amide bonds. The standard InChI is InChI=1S/C15H26N4S/c1-6-16-14(19-8-7-15(4,5)10-19)17-9-13-11(2)18-12(3)20-13/h6-10H2,1-5H3,(H,16,17). The molecule has 0 aliphatic carbocycles. The largest absolute Gasteiger partial charge is 0.357 e. The first kappa shape index (κ1) is 15.3. The summed E-state index contributed by atoms with van der Waals surface area (Å²) in [6.45, 7) is 14.7. The average Bonchev–Trinajstić information content (AvgIpc) is 2.87. The normalized spacial score (nSPS) is 18.6. The van der Waals surface area contributed by atoms with Crippen LogP contribution in [0.5, 0.6) is 0 Å². The summed E-state index contributed by atoms with van der Waals surface area (Å²) in [5.74, 6) is 1.04. The molecule has 1 aromatic rings. The number of thiazole rings is 1. The fourth-order valence-electron chi connectivity index (χ4n) is 2.59. The van der Waals surface area contributed by atoms with E-state index in [0.29, 0.717) is 5.41 Å². The van der Waals surface area contributed by atoms with Crippen LogP contribution in [0.4, 0.5) is 0 Å². The van der Waals surface area contributed by atoms with Gasteiger partial charge in [-0.3, -0.25) is 0 Å². The third-order valence-corrected chi connectivity index (χ3v) is 4.74. The lowest BCUT2D eigenvalue weighted by atomic mass is 9.93. The highest BCUT2D eigenvalue weighted by Gasteiger charge is 2.30. The van der Waals surface area contributed by atoms with Crippen LogP contribution in [-0.2, 0) is 6.54 Å². The first-order chi connectivity index (χ1) is 9.41. The van der Waals surface area contributed by atoms with E-state index in [1.165, 1.54) is 11.3 Å². The van der Waals surface area contributed by atoms with Crippen LogP contribution in [0.25, 0.3) is 0 Å². The molecular weight excluding hydrogens is 268 g/mol. The predicted molar refractivity (Wildman–Crippen MR) is 86.4 cm³/mol. The third kappa shape index (κ3) is 3.72. The van der Waals surface area contributed by atoms with Gasteiger partial charge in [-0.15, -0.1) is 11.3 Å². The van der Waals surface area contributed by atoms with Crippen LogP contribution in [0.3, 0.4) is 0 Å². The van der Waals surface area contributed by atoms with E-state index in [-0.39, 0.29) is 0 Å². The molecule has 0 unspecified atom stereocenters. The average molecular weight is 294 g/mol. The quantitative estimate of drug-likeness (QED) is 0.688. The van der Waals surface area contributed by atoms with Gasteiger partial charge in [0.15, 0.2) is 5.96 Å². The first-order valence-corrected chi connectivity index (χ1v) is 8.19. The van der Waals surface area contributed by atoms with Gasteiger partial charge in [0, 0.05) is 24.5 Å². The zero-order valence-corrected chi connectivity index (χ0v) is 14.1. The van der Waals surface area contributed by atoms with E-state index >= 15 is 0 Å². The summed E-state index contributed by atoms with van der Waals surface area (Å²) in [4.78, 5) is 12.9. The molecule has 1 saturated heterocycles. The van der Waals surface area contributed by atoms with E-state index in [1.54, 1.807) is 11.3 Å². The van der Waals surface area contributed by atoms with E-state index in [4.69, 9.17) is 4.99 Å². The molecule has 1 N–H and O–H groups in total. The molecular formula is C15H26N4S. The highest BCUT2D eigenvalue weighted by molar-refractivity contribution is 7.11. The topological polar surface area (TPSA) is 40.5 Å². The van der Waals surface area contributed by atoms with Crippen LogP contribution in [0.15, 0.2) is 4.99 Å². The van der Waals surface area contributed by atoms with Crippen molar-refractivity contribution in [1.29, 1.82) is 0 Å². The van der Waals surface area contributed by atoms with Crippen LogP contribution >= 0.6 is 11.3 Å². The summed E-state index contributed by atoms with van der Waals surface area (Å²) in [5.41, 5.74) is 1.52. The fraction of sp³-hybridized carbons (Fsp3) is 0.733. The van der Waals surface area contributed by atoms with Crippen molar-refractivity contribution in [2.24, 2.45) is 10.4 Å². The van der Waals surface area contributed by atoms with Crippen LogP contribution in [0.2, 0.25) is 0 Å². The molecule has 5 heteroatoms. The van der Waals surface area contributed by atoms with Crippen molar-refractivity contribution < 1.29 is 0 Å². The summed E-state index contributed by atoms with van der Waals surface area (Å²) >= 11 is 1.75. The van der Waals surface area contributed by atoms with Gasteiger partial charge in [-0.1, -0.05) is 13.8 Å². The highest BCUT2D eigenvalue weighted by atomic mass is 32.1. The molecule has 20 heavy (non-hydrogen) atoms. The van der Waals surface area contributed by atoms with Crippen molar-refractivity contribution >= 4 is 17.3 Å². The zero-order chi connectivity index (χ0) is 14.8. The number of aromatic nitrogens is 1. The minimum atomic E-state index is 0.396. The van der Waals surface area contributed by atoms with E-state index in [2.05, 4.69) is 49.8 Å². The number of guanidine groups is 1. The minimum Gasteiger partial charge on any atom is -0.357 e. The van der Waals surface area contributed by atoms with Crippen molar-refractivity contribution in [3.05, 3.63) is 15.6 Å². The lowest BCUT2D eigenvalue weighted by molar-refractivity contribution is 0.370. The third-order valence-electron chi connectivity index (χ3n) is 3.68. The summed E-state index contributed by atoms with van der Waals surface area (Å²) in [6.07, 6.45) is 1.23. The Hall–Kier alpha value is -1.10. The second-order valence-corrected chi connectivity index (χ2v) is 7.54. The van der Waals surface area contributed by atoms with Crippen molar-refractivity contribution in [3.63, 3.8) is 0 Å². The maximum absolute atomic E-state index is 4.81. The second-order valence-electron chi connectivity index (χ2n) is 6.25. The molecule has 0 atom stereocenters. The summed E-state index contributed by atoms with van der Waals surface area (Å²) in [7, 11) is 0. The number of nitrogens with zero attached hydrogens (tertiary/aromatic N) is 3. The number of hydrogen-bond donors (Lipinski definition) is 1. The SMILES string of the molecule is CCNC(=NCc1sc(C)nc1C)N1CCC(C)(C)C1. The van der Waals surface area contributed by atoms with E-state index in [0.717, 1.165) is 42.8 Å². The molecule has 112 valence electrons. The lowest BCUT2D eigenvalue weighted by Crippen LogP contribution is -2.40. The Bertz CT molecular complexity index is 490. The Morgan fingerprint density at radius 3 is 2.70 bits per heavy atom. The number of likely N-dealkylation sites (tertiary alicyclic amines) is 1. The van der Waals surface area contributed by atoms with Gasteiger partial charge in [0.1, 0.15) is 0 Å². The zero-order valence-electron chi connectivity index (χ0n) is 13.3. The Labute approximate surface area is 126 Å².